The highest BCUT2D eigenvalue weighted by Gasteiger charge is 2.40. The number of anilines is 1. The van der Waals surface area contributed by atoms with Crippen LogP contribution in [0.15, 0.2) is 53.4 Å². The van der Waals surface area contributed by atoms with E-state index >= 15 is 0 Å². The first kappa shape index (κ1) is 26.5. The maximum absolute atomic E-state index is 14.5. The quantitative estimate of drug-likeness (QED) is 0.324. The number of hydrogen-bond donors (Lipinski definition) is 1. The lowest BCUT2D eigenvalue weighted by molar-refractivity contribution is -0.137. The molecule has 200 valence electrons. The molecule has 39 heavy (non-hydrogen) atoms. The van der Waals surface area contributed by atoms with Crippen LogP contribution in [0, 0.1) is 6.92 Å². The van der Waals surface area contributed by atoms with E-state index in [0.717, 1.165) is 16.5 Å². The van der Waals surface area contributed by atoms with Gasteiger partial charge in [-0.15, -0.1) is 0 Å². The molecule has 0 aliphatic carbocycles. The Balaban J connectivity index is 1.41. The topological polar surface area (TPSA) is 123 Å². The smallest absolute Gasteiger partial charge is 0.248 e. The van der Waals surface area contributed by atoms with Gasteiger partial charge in [0, 0.05) is 29.8 Å². The van der Waals surface area contributed by atoms with E-state index < -0.39 is 24.0 Å². The number of carbonyl (C=O) groups excluding carboxylic acids is 3. The van der Waals surface area contributed by atoms with Crippen molar-refractivity contribution in [2.24, 2.45) is 0 Å². The van der Waals surface area contributed by atoms with E-state index in [2.05, 4.69) is 41.3 Å². The Kier molecular flexibility index (Phi) is 7.47. The number of ketones is 1. The molecule has 4 aromatic rings. The van der Waals surface area contributed by atoms with Gasteiger partial charge < -0.3 is 10.2 Å². The molecule has 2 amide bonds. The third kappa shape index (κ3) is 5.85. The van der Waals surface area contributed by atoms with E-state index in [4.69, 9.17) is 0 Å². The number of fused-ring (bicyclic) bond motifs is 1. The number of carbonyl (C=O) groups is 3. The number of likely N-dealkylation sites (tertiary alicyclic amines) is 1. The van der Waals surface area contributed by atoms with Gasteiger partial charge in [-0.1, -0.05) is 12.1 Å². The zero-order chi connectivity index (χ0) is 27.7. The molecule has 0 radical (unpaired) electrons. The predicted molar refractivity (Wildman–Crippen MR) is 145 cm³/mol. The summed E-state index contributed by atoms with van der Waals surface area (Å²) in [4.78, 5) is 52.2. The second kappa shape index (κ2) is 11.0. The summed E-state index contributed by atoms with van der Waals surface area (Å²) < 4.78 is 16.5. The monoisotopic (exact) mass is 593 g/mol. The summed E-state index contributed by atoms with van der Waals surface area (Å²) in [5.41, 5.74) is 2.82. The molecule has 2 atom stereocenters. The third-order valence-corrected chi connectivity index (χ3v) is 6.92. The van der Waals surface area contributed by atoms with Crippen molar-refractivity contribution < 1.29 is 18.8 Å². The highest BCUT2D eigenvalue weighted by atomic mass is 79.9. The van der Waals surface area contributed by atoms with E-state index in [0.29, 0.717) is 27.5 Å². The van der Waals surface area contributed by atoms with E-state index in [1.54, 1.807) is 37.5 Å². The lowest BCUT2D eigenvalue weighted by Crippen LogP contribution is -2.44. The van der Waals surface area contributed by atoms with Crippen LogP contribution >= 0.6 is 15.9 Å². The number of aryl methyl sites for hydroxylation is 1. The SMILES string of the molecule is CC(=O)Cc1nn(CC(=O)N2CC(F)CC2C(=O)Nc2cccc(Br)n2)c2ccc(-c3cnc(C)nc3)cc12. The van der Waals surface area contributed by atoms with Gasteiger partial charge in [-0.05, 0) is 59.6 Å². The summed E-state index contributed by atoms with van der Waals surface area (Å²) in [5.74, 6) is -0.0878. The first-order valence-electron chi connectivity index (χ1n) is 12.3. The van der Waals surface area contributed by atoms with E-state index in [9.17, 15) is 18.8 Å². The van der Waals surface area contributed by atoms with Gasteiger partial charge in [0.25, 0.3) is 0 Å². The zero-order valence-electron chi connectivity index (χ0n) is 21.3. The van der Waals surface area contributed by atoms with Gasteiger partial charge in [0.2, 0.25) is 11.8 Å². The molecular weight excluding hydrogens is 569 g/mol. The molecule has 0 saturated carbocycles. The fourth-order valence-corrected chi connectivity index (χ4v) is 5.01. The average Bonchev–Trinajstić information content (AvgIpc) is 3.44. The fourth-order valence-electron chi connectivity index (χ4n) is 4.67. The van der Waals surface area contributed by atoms with Crippen LogP contribution in [0.5, 0.6) is 0 Å². The molecule has 1 N–H and O–H groups in total. The Morgan fingerprint density at radius 3 is 2.62 bits per heavy atom. The molecule has 1 saturated heterocycles. The van der Waals surface area contributed by atoms with Crippen LogP contribution in [0.25, 0.3) is 22.0 Å². The number of alkyl halides is 1. The lowest BCUT2D eigenvalue weighted by Gasteiger charge is -2.23. The molecule has 12 heteroatoms. The molecule has 1 aliphatic rings. The second-order valence-corrected chi connectivity index (χ2v) is 10.3. The van der Waals surface area contributed by atoms with Gasteiger partial charge in [-0.25, -0.2) is 19.3 Å². The molecule has 5 rings (SSSR count). The van der Waals surface area contributed by atoms with Crippen molar-refractivity contribution >= 4 is 50.2 Å². The van der Waals surface area contributed by atoms with Crippen LogP contribution in [-0.4, -0.2) is 66.0 Å². The van der Waals surface area contributed by atoms with E-state index in [1.807, 2.05) is 18.2 Å². The molecule has 0 bridgehead atoms. The molecule has 1 aliphatic heterocycles. The first-order chi connectivity index (χ1) is 18.7. The number of pyridine rings is 1. The Morgan fingerprint density at radius 2 is 1.90 bits per heavy atom. The van der Waals surface area contributed by atoms with Gasteiger partial charge in [0.05, 0.1) is 24.2 Å². The fraction of sp³-hybridized carbons (Fsp3) is 0.296. The average molecular weight is 594 g/mol. The summed E-state index contributed by atoms with van der Waals surface area (Å²) in [6.45, 7) is 2.87. The standard InChI is InChI=1S/C27H25BrFN7O3/c1-15(37)8-21-20-9-17(18-11-30-16(2)31-12-18)6-7-22(20)36(34-21)14-26(38)35-13-19(29)10-23(35)27(39)33-25-5-3-4-24(28)32-25/h3-7,9,11-12,19,23H,8,10,13-14H2,1-2H3,(H,32,33,39). The van der Waals surface area contributed by atoms with Gasteiger partial charge >= 0.3 is 0 Å². The summed E-state index contributed by atoms with van der Waals surface area (Å²) >= 11 is 3.25. The maximum atomic E-state index is 14.5. The number of halogens is 2. The molecule has 10 nitrogen and oxygen atoms in total. The minimum absolute atomic E-state index is 0.0744. The molecule has 3 aromatic heterocycles. The van der Waals surface area contributed by atoms with Crippen LogP contribution in [0.4, 0.5) is 10.2 Å². The molecule has 0 spiro atoms. The molecular formula is C27H25BrFN7O3. The number of Topliss-reactive ketones (excluding diaryl/α,β-unsaturated/α-hetero) is 1. The van der Waals surface area contributed by atoms with Crippen LogP contribution in [-0.2, 0) is 27.3 Å². The summed E-state index contributed by atoms with van der Waals surface area (Å²) in [7, 11) is 0. The van der Waals surface area contributed by atoms with Crippen LogP contribution in [0.3, 0.4) is 0 Å². The molecule has 1 aromatic carbocycles. The largest absolute Gasteiger partial charge is 0.326 e. The zero-order valence-corrected chi connectivity index (χ0v) is 22.9. The summed E-state index contributed by atoms with van der Waals surface area (Å²) in [6, 6.07) is 9.63. The van der Waals surface area contributed by atoms with Gasteiger partial charge in [-0.2, -0.15) is 5.10 Å². The Labute approximate surface area is 231 Å². The number of aromatic nitrogens is 5. The van der Waals surface area contributed by atoms with Crippen LogP contribution in [0.2, 0.25) is 0 Å². The first-order valence-corrected chi connectivity index (χ1v) is 13.1. The predicted octanol–water partition coefficient (Wildman–Crippen LogP) is 3.67. The normalized spacial score (nSPS) is 17.0. The van der Waals surface area contributed by atoms with Crippen molar-refractivity contribution in [3.63, 3.8) is 0 Å². The maximum Gasteiger partial charge on any atom is 0.248 e. The number of benzene rings is 1. The number of hydrogen-bond acceptors (Lipinski definition) is 7. The number of nitrogens with zero attached hydrogens (tertiary/aromatic N) is 6. The Bertz CT molecular complexity index is 1570. The Morgan fingerprint density at radius 1 is 1.13 bits per heavy atom. The van der Waals surface area contributed by atoms with E-state index in [-0.39, 0.29) is 31.7 Å². The van der Waals surface area contributed by atoms with Gasteiger partial charge in [0.1, 0.15) is 40.8 Å². The highest BCUT2D eigenvalue weighted by molar-refractivity contribution is 9.10. The third-order valence-electron chi connectivity index (χ3n) is 6.48. The molecule has 2 unspecified atom stereocenters. The highest BCUT2D eigenvalue weighted by Crippen LogP contribution is 2.28. The van der Waals surface area contributed by atoms with Crippen molar-refractivity contribution in [1.29, 1.82) is 0 Å². The van der Waals surface area contributed by atoms with E-state index in [1.165, 1.54) is 16.5 Å². The number of amides is 2. The summed E-state index contributed by atoms with van der Waals surface area (Å²) in [5, 5.41) is 7.95. The van der Waals surface area contributed by atoms with Crippen molar-refractivity contribution in [2.45, 2.75) is 45.4 Å². The summed E-state index contributed by atoms with van der Waals surface area (Å²) in [6.07, 6.45) is 2.09. The van der Waals surface area contributed by atoms with Crippen molar-refractivity contribution in [3.8, 4) is 11.1 Å². The molecule has 4 heterocycles. The molecule has 1 fully saturated rings. The second-order valence-electron chi connectivity index (χ2n) is 9.46. The van der Waals surface area contributed by atoms with Crippen molar-refractivity contribution in [3.05, 3.63) is 64.9 Å². The van der Waals surface area contributed by atoms with Gasteiger partial charge in [0.15, 0.2) is 0 Å². The number of nitrogens with one attached hydrogen (secondary N) is 1. The van der Waals surface area contributed by atoms with Crippen molar-refractivity contribution in [1.82, 2.24) is 29.6 Å². The number of rotatable bonds is 7. The minimum Gasteiger partial charge on any atom is -0.326 e. The Hall–Kier alpha value is -4.06. The van der Waals surface area contributed by atoms with Gasteiger partial charge in [-0.3, -0.25) is 19.1 Å². The minimum atomic E-state index is -1.33. The lowest BCUT2D eigenvalue weighted by atomic mass is 10.0. The van der Waals surface area contributed by atoms with Crippen molar-refractivity contribution in [2.75, 3.05) is 11.9 Å². The van der Waals surface area contributed by atoms with Crippen LogP contribution < -0.4 is 5.32 Å². The van der Waals surface area contributed by atoms with Crippen LogP contribution in [0.1, 0.15) is 24.9 Å².